The lowest BCUT2D eigenvalue weighted by atomic mass is 10.1. The first-order chi connectivity index (χ1) is 5.72. The van der Waals surface area contributed by atoms with Gasteiger partial charge in [-0.2, -0.15) is 0 Å². The zero-order chi connectivity index (χ0) is 9.82. The molecule has 0 radical (unpaired) electrons. The summed E-state index contributed by atoms with van der Waals surface area (Å²) in [5.74, 6) is 0.699. The highest BCUT2D eigenvalue weighted by molar-refractivity contribution is 4.77. The van der Waals surface area contributed by atoms with Crippen LogP contribution in [0.2, 0.25) is 0 Å². The van der Waals surface area contributed by atoms with E-state index in [9.17, 15) is 0 Å². The molecule has 0 amide bonds. The second kappa shape index (κ2) is 29.2. The van der Waals surface area contributed by atoms with Crippen LogP contribution >= 0.6 is 0 Å². The lowest BCUT2D eigenvalue weighted by Crippen LogP contribution is -1.80. The fourth-order valence-electron chi connectivity index (χ4n) is 0.500. The van der Waals surface area contributed by atoms with Gasteiger partial charge in [0.15, 0.2) is 0 Å². The topological polar surface area (TPSA) is 0 Å². The smallest absolute Gasteiger partial charge is 0.0267 e. The Morgan fingerprint density at radius 1 is 0.933 bits per heavy atom. The number of rotatable bonds is 4. The van der Waals surface area contributed by atoms with E-state index in [1.54, 1.807) is 0 Å². The molecular weight excluding hydrogens is 180 g/mol. The average molecular weight is 216 g/mol. The van der Waals surface area contributed by atoms with Crippen molar-refractivity contribution in [2.45, 2.75) is 69.2 Å². The fraction of sp³-hybridized carbons (Fsp3) is 0.733. The Kier molecular flexibility index (Phi) is 57.0. The van der Waals surface area contributed by atoms with Gasteiger partial charge >= 0.3 is 0 Å². The molecule has 0 aromatic carbocycles. The molecule has 0 aliphatic carbocycles. The minimum absolute atomic E-state index is 0. The van der Waals surface area contributed by atoms with Gasteiger partial charge in [0.2, 0.25) is 0 Å². The van der Waals surface area contributed by atoms with Crippen LogP contribution in [-0.2, 0) is 0 Å². The van der Waals surface area contributed by atoms with Crippen LogP contribution in [0.25, 0.3) is 0 Å². The highest BCUT2D eigenvalue weighted by Crippen LogP contribution is 1.98. The lowest BCUT2D eigenvalue weighted by molar-refractivity contribution is 0.700. The first-order valence-corrected chi connectivity index (χ1v) is 5.00. The molecule has 0 heteroatoms. The molecule has 0 nitrogen and oxygen atoms in total. The molecule has 1 unspecified atom stereocenters. The summed E-state index contributed by atoms with van der Waals surface area (Å²) in [5.41, 5.74) is 0. The highest BCUT2D eigenvalue weighted by Gasteiger charge is 1.84. The summed E-state index contributed by atoms with van der Waals surface area (Å²) in [6, 6.07) is 0. The normalized spacial score (nSPS) is 9.60. The van der Waals surface area contributed by atoms with Crippen molar-refractivity contribution in [3.8, 4) is 0 Å². The maximum absolute atomic E-state index is 3.63. The quantitative estimate of drug-likeness (QED) is 0.471. The third-order valence-electron chi connectivity index (χ3n) is 1.68. The van der Waals surface area contributed by atoms with Crippen molar-refractivity contribution < 1.29 is 0 Å². The van der Waals surface area contributed by atoms with E-state index in [0.717, 1.165) is 0 Å². The molecule has 1 atom stereocenters. The molecule has 0 aliphatic rings. The van der Waals surface area contributed by atoms with E-state index in [0.29, 0.717) is 5.92 Å². The lowest BCUT2D eigenvalue weighted by Gasteiger charge is -1.93. The van der Waals surface area contributed by atoms with Gasteiger partial charge < -0.3 is 0 Å². The maximum atomic E-state index is 3.63. The van der Waals surface area contributed by atoms with Crippen molar-refractivity contribution in [1.29, 1.82) is 0 Å². The minimum Gasteiger partial charge on any atom is -0.103 e. The second-order valence-electron chi connectivity index (χ2n) is 2.91. The predicted octanol–water partition coefficient (Wildman–Crippen LogP) is 6.49. The van der Waals surface area contributed by atoms with Crippen LogP contribution in [0.4, 0.5) is 0 Å². The Morgan fingerprint density at radius 2 is 1.27 bits per heavy atom. The average Bonchev–Trinajstić information content (AvgIpc) is 2.14. The minimum atomic E-state index is 0. The van der Waals surface area contributed by atoms with Crippen molar-refractivity contribution in [3.63, 3.8) is 0 Å². The molecule has 0 fully saturated rings. The van der Waals surface area contributed by atoms with Gasteiger partial charge in [0.1, 0.15) is 0 Å². The van der Waals surface area contributed by atoms with Crippen LogP contribution in [0.5, 0.6) is 0 Å². The molecule has 0 N–H and O–H groups in total. The third kappa shape index (κ3) is 42.3. The monoisotopic (exact) mass is 216 g/mol. The molecule has 0 saturated carbocycles. The summed E-state index contributed by atoms with van der Waals surface area (Å²) < 4.78 is 0. The Balaban J connectivity index is -0.0000000370. The SMILES string of the molecule is C.C.C.C=CC(C)CC.CCC=CCC. The Morgan fingerprint density at radius 3 is 1.33 bits per heavy atom. The van der Waals surface area contributed by atoms with Gasteiger partial charge in [-0.1, -0.05) is 74.6 Å². The van der Waals surface area contributed by atoms with Gasteiger partial charge in [0.25, 0.3) is 0 Å². The molecule has 0 spiro atoms. The van der Waals surface area contributed by atoms with E-state index in [1.165, 1.54) is 19.3 Å². The predicted molar refractivity (Wildman–Crippen MR) is 79.6 cm³/mol. The fourth-order valence-corrected chi connectivity index (χ4v) is 0.500. The summed E-state index contributed by atoms with van der Waals surface area (Å²) >= 11 is 0. The van der Waals surface area contributed by atoms with Gasteiger partial charge in [-0.25, -0.2) is 0 Å². The molecule has 0 rings (SSSR count). The summed E-state index contributed by atoms with van der Waals surface area (Å²) in [4.78, 5) is 0. The largest absolute Gasteiger partial charge is 0.103 e. The molecule has 0 aromatic rings. The van der Waals surface area contributed by atoms with Crippen LogP contribution in [0.3, 0.4) is 0 Å². The molecular formula is C15H36. The molecule has 0 heterocycles. The molecule has 0 bridgehead atoms. The molecule has 0 aromatic heterocycles. The molecule has 15 heavy (non-hydrogen) atoms. The van der Waals surface area contributed by atoms with E-state index in [1.807, 2.05) is 6.08 Å². The Bertz CT molecular complexity index is 94.6. The standard InChI is InChI=1S/2C6H12.3CH4/c1-4-6(3)5-2;1-3-5-6-4-2;;;/h4,6H,1,5H2,2-3H3;5-6H,3-4H2,1-2H3;3*1H4. The summed E-state index contributed by atoms with van der Waals surface area (Å²) in [6.07, 6.45) is 9.89. The third-order valence-corrected chi connectivity index (χ3v) is 1.68. The number of hydrogen-bond acceptors (Lipinski definition) is 0. The van der Waals surface area contributed by atoms with Gasteiger partial charge in [0, 0.05) is 0 Å². The van der Waals surface area contributed by atoms with Crippen molar-refractivity contribution >= 4 is 0 Å². The first kappa shape index (κ1) is 29.3. The second-order valence-corrected chi connectivity index (χ2v) is 2.91. The highest BCUT2D eigenvalue weighted by atomic mass is 13.9. The van der Waals surface area contributed by atoms with Crippen LogP contribution in [0.1, 0.15) is 69.2 Å². The van der Waals surface area contributed by atoms with Crippen molar-refractivity contribution in [2.75, 3.05) is 0 Å². The summed E-state index contributed by atoms with van der Waals surface area (Å²) in [5, 5.41) is 0. The van der Waals surface area contributed by atoms with Crippen LogP contribution < -0.4 is 0 Å². The van der Waals surface area contributed by atoms with E-state index in [2.05, 4.69) is 46.4 Å². The molecule has 0 saturated heterocycles. The van der Waals surface area contributed by atoms with Gasteiger partial charge in [-0.15, -0.1) is 6.58 Å². The van der Waals surface area contributed by atoms with E-state index < -0.39 is 0 Å². The van der Waals surface area contributed by atoms with Crippen molar-refractivity contribution in [1.82, 2.24) is 0 Å². The van der Waals surface area contributed by atoms with Crippen LogP contribution in [0.15, 0.2) is 24.8 Å². The van der Waals surface area contributed by atoms with Gasteiger partial charge in [-0.05, 0) is 18.8 Å². The zero-order valence-corrected chi connectivity index (χ0v) is 9.14. The van der Waals surface area contributed by atoms with Crippen molar-refractivity contribution in [2.24, 2.45) is 5.92 Å². The van der Waals surface area contributed by atoms with E-state index in [-0.39, 0.29) is 22.3 Å². The zero-order valence-electron chi connectivity index (χ0n) is 9.14. The summed E-state index contributed by atoms with van der Waals surface area (Å²) in [7, 11) is 0. The van der Waals surface area contributed by atoms with Crippen LogP contribution in [-0.4, -0.2) is 0 Å². The first-order valence-electron chi connectivity index (χ1n) is 5.00. The number of hydrogen-bond donors (Lipinski definition) is 0. The Hall–Kier alpha value is -0.520. The number of allylic oxidation sites excluding steroid dienone is 3. The maximum Gasteiger partial charge on any atom is -0.0267 e. The van der Waals surface area contributed by atoms with Crippen LogP contribution in [0, 0.1) is 5.92 Å². The van der Waals surface area contributed by atoms with Gasteiger partial charge in [-0.3, -0.25) is 0 Å². The van der Waals surface area contributed by atoms with Crippen molar-refractivity contribution in [3.05, 3.63) is 24.8 Å². The van der Waals surface area contributed by atoms with Gasteiger partial charge in [0.05, 0.1) is 0 Å². The van der Waals surface area contributed by atoms with E-state index >= 15 is 0 Å². The summed E-state index contributed by atoms with van der Waals surface area (Å²) in [6.45, 7) is 12.2. The Labute approximate surface area is 100 Å². The molecule has 96 valence electrons. The molecule has 0 aliphatic heterocycles. The van der Waals surface area contributed by atoms with E-state index in [4.69, 9.17) is 0 Å².